The minimum atomic E-state index is -0.275. The van der Waals surface area contributed by atoms with E-state index >= 15 is 0 Å². The van der Waals surface area contributed by atoms with Crippen molar-refractivity contribution < 1.29 is 9.53 Å². The van der Waals surface area contributed by atoms with Crippen LogP contribution in [0.4, 0.5) is 5.13 Å². The maximum Gasteiger partial charge on any atom is 0.250 e. The first-order chi connectivity index (χ1) is 12.0. The van der Waals surface area contributed by atoms with Gasteiger partial charge in [0.1, 0.15) is 10.9 Å². The summed E-state index contributed by atoms with van der Waals surface area (Å²) in [5, 5.41) is 8.00. The molecule has 1 aromatic carbocycles. The summed E-state index contributed by atoms with van der Waals surface area (Å²) in [4.78, 5) is 16.5. The molecule has 0 unspecified atom stereocenters. The SMILES string of the molecule is CCOc1ccc2nc(NC(=O)/C=C/c3c(C)nn(C)c3Cl)sc2c1. The predicted molar refractivity (Wildman–Crippen MR) is 101 cm³/mol. The molecular formula is C17H17ClN4O2S. The van der Waals surface area contributed by atoms with Gasteiger partial charge in [-0.2, -0.15) is 5.10 Å². The van der Waals surface area contributed by atoms with E-state index in [0.717, 1.165) is 27.2 Å². The molecule has 8 heteroatoms. The number of anilines is 1. The number of rotatable bonds is 5. The molecule has 0 aliphatic rings. The second-order valence-corrected chi connectivity index (χ2v) is 6.71. The number of aromatic nitrogens is 3. The van der Waals surface area contributed by atoms with E-state index in [1.54, 1.807) is 17.8 Å². The average Bonchev–Trinajstić information content (AvgIpc) is 3.06. The fraction of sp³-hybridized carbons (Fsp3) is 0.235. The number of halogens is 1. The van der Waals surface area contributed by atoms with Gasteiger partial charge in [-0.3, -0.25) is 14.8 Å². The molecule has 0 fully saturated rings. The third-order valence-electron chi connectivity index (χ3n) is 3.50. The smallest absolute Gasteiger partial charge is 0.250 e. The molecule has 2 aromatic heterocycles. The first-order valence-electron chi connectivity index (χ1n) is 7.69. The summed E-state index contributed by atoms with van der Waals surface area (Å²) in [6, 6.07) is 5.66. The van der Waals surface area contributed by atoms with E-state index in [4.69, 9.17) is 16.3 Å². The van der Waals surface area contributed by atoms with Gasteiger partial charge in [0.25, 0.3) is 0 Å². The number of hydrogen-bond acceptors (Lipinski definition) is 5. The van der Waals surface area contributed by atoms with Gasteiger partial charge in [0.05, 0.1) is 22.5 Å². The molecule has 0 saturated heterocycles. The molecule has 0 atom stereocenters. The van der Waals surface area contributed by atoms with Crippen molar-refractivity contribution in [2.75, 3.05) is 11.9 Å². The number of thiazole rings is 1. The Morgan fingerprint density at radius 1 is 1.48 bits per heavy atom. The highest BCUT2D eigenvalue weighted by Gasteiger charge is 2.10. The van der Waals surface area contributed by atoms with Crippen LogP contribution in [0.25, 0.3) is 16.3 Å². The Balaban J connectivity index is 1.74. The number of amides is 1. The van der Waals surface area contributed by atoms with Crippen molar-refractivity contribution in [2.24, 2.45) is 7.05 Å². The van der Waals surface area contributed by atoms with E-state index < -0.39 is 0 Å². The van der Waals surface area contributed by atoms with Crippen molar-refractivity contribution in [1.82, 2.24) is 14.8 Å². The van der Waals surface area contributed by atoms with Gasteiger partial charge in [-0.05, 0) is 38.1 Å². The largest absolute Gasteiger partial charge is 0.494 e. The lowest BCUT2D eigenvalue weighted by Gasteiger charge is -2.00. The summed E-state index contributed by atoms with van der Waals surface area (Å²) in [7, 11) is 1.75. The highest BCUT2D eigenvalue weighted by Crippen LogP contribution is 2.29. The van der Waals surface area contributed by atoms with Crippen molar-refractivity contribution in [3.05, 3.63) is 40.7 Å². The van der Waals surface area contributed by atoms with E-state index in [0.29, 0.717) is 16.9 Å². The Labute approximate surface area is 154 Å². The van der Waals surface area contributed by atoms with Crippen LogP contribution < -0.4 is 10.1 Å². The second-order valence-electron chi connectivity index (χ2n) is 5.32. The highest BCUT2D eigenvalue weighted by molar-refractivity contribution is 7.22. The summed E-state index contributed by atoms with van der Waals surface area (Å²) >= 11 is 7.55. The number of aryl methyl sites for hydroxylation is 2. The number of carbonyl (C=O) groups excluding carboxylic acids is 1. The van der Waals surface area contributed by atoms with Crippen LogP contribution in [-0.4, -0.2) is 27.3 Å². The van der Waals surface area contributed by atoms with E-state index in [1.807, 2.05) is 32.0 Å². The van der Waals surface area contributed by atoms with Crippen LogP contribution in [0.2, 0.25) is 5.15 Å². The third-order valence-corrected chi connectivity index (χ3v) is 4.88. The van der Waals surface area contributed by atoms with Crippen LogP contribution in [-0.2, 0) is 11.8 Å². The average molecular weight is 377 g/mol. The summed E-state index contributed by atoms with van der Waals surface area (Å²) in [5.41, 5.74) is 2.31. The van der Waals surface area contributed by atoms with Gasteiger partial charge < -0.3 is 4.74 Å². The van der Waals surface area contributed by atoms with Crippen LogP contribution >= 0.6 is 22.9 Å². The zero-order valence-corrected chi connectivity index (χ0v) is 15.6. The molecular weight excluding hydrogens is 360 g/mol. The summed E-state index contributed by atoms with van der Waals surface area (Å²) in [6.07, 6.45) is 3.08. The summed E-state index contributed by atoms with van der Waals surface area (Å²) in [6.45, 7) is 4.38. The van der Waals surface area contributed by atoms with E-state index in [9.17, 15) is 4.79 Å². The lowest BCUT2D eigenvalue weighted by molar-refractivity contribution is -0.111. The molecule has 130 valence electrons. The molecule has 3 aromatic rings. The molecule has 0 radical (unpaired) electrons. The molecule has 1 N–H and O–H groups in total. The Bertz CT molecular complexity index is 961. The first-order valence-corrected chi connectivity index (χ1v) is 8.89. The number of nitrogens with zero attached hydrogens (tertiary/aromatic N) is 3. The lowest BCUT2D eigenvalue weighted by Crippen LogP contribution is -2.07. The molecule has 1 amide bonds. The Morgan fingerprint density at radius 2 is 2.28 bits per heavy atom. The normalized spacial score (nSPS) is 11.4. The monoisotopic (exact) mass is 376 g/mol. The minimum Gasteiger partial charge on any atom is -0.494 e. The number of fused-ring (bicyclic) bond motifs is 1. The molecule has 0 aliphatic heterocycles. The quantitative estimate of drug-likeness (QED) is 0.682. The van der Waals surface area contributed by atoms with Crippen LogP contribution in [0, 0.1) is 6.92 Å². The van der Waals surface area contributed by atoms with Gasteiger partial charge >= 0.3 is 0 Å². The first kappa shape index (κ1) is 17.4. The molecule has 0 saturated carbocycles. The van der Waals surface area contributed by atoms with E-state index in [1.165, 1.54) is 17.4 Å². The van der Waals surface area contributed by atoms with Gasteiger partial charge in [-0.1, -0.05) is 22.9 Å². The zero-order valence-electron chi connectivity index (χ0n) is 14.0. The molecule has 0 bridgehead atoms. The van der Waals surface area contributed by atoms with Crippen LogP contribution in [0.5, 0.6) is 5.75 Å². The number of hydrogen-bond donors (Lipinski definition) is 1. The highest BCUT2D eigenvalue weighted by atomic mass is 35.5. The maximum absolute atomic E-state index is 12.1. The zero-order chi connectivity index (χ0) is 18.0. The standard InChI is InChI=1S/C17H17ClN4O2S/c1-4-24-11-5-7-13-14(9-11)25-17(19-13)20-15(23)8-6-12-10(2)21-22(3)16(12)18/h5-9H,4H2,1-3H3,(H,19,20,23)/b8-6+. The molecule has 0 spiro atoms. The topological polar surface area (TPSA) is 69.0 Å². The molecule has 3 rings (SSSR count). The summed E-state index contributed by atoms with van der Waals surface area (Å²) < 4.78 is 8.00. The van der Waals surface area contributed by atoms with Gasteiger partial charge in [0.15, 0.2) is 5.13 Å². The van der Waals surface area contributed by atoms with Crippen LogP contribution in [0.3, 0.4) is 0 Å². The van der Waals surface area contributed by atoms with Gasteiger partial charge in [0, 0.05) is 18.7 Å². The van der Waals surface area contributed by atoms with E-state index in [-0.39, 0.29) is 5.91 Å². The molecule has 0 aliphatic carbocycles. The molecule has 25 heavy (non-hydrogen) atoms. The van der Waals surface area contributed by atoms with E-state index in [2.05, 4.69) is 15.4 Å². The molecule has 6 nitrogen and oxygen atoms in total. The fourth-order valence-electron chi connectivity index (χ4n) is 2.36. The second kappa shape index (κ2) is 7.25. The number of nitrogens with one attached hydrogen (secondary N) is 1. The predicted octanol–water partition coefficient (Wildman–Crippen LogP) is 4.04. The maximum atomic E-state index is 12.1. The lowest BCUT2D eigenvalue weighted by atomic mass is 10.2. The molecule has 2 heterocycles. The minimum absolute atomic E-state index is 0.275. The third kappa shape index (κ3) is 3.83. The number of benzene rings is 1. The van der Waals surface area contributed by atoms with Crippen LogP contribution in [0.1, 0.15) is 18.2 Å². The Hall–Kier alpha value is -2.38. The Kier molecular flexibility index (Phi) is 5.06. The van der Waals surface area contributed by atoms with Gasteiger partial charge in [-0.15, -0.1) is 0 Å². The fourth-order valence-corrected chi connectivity index (χ4v) is 3.49. The summed E-state index contributed by atoms with van der Waals surface area (Å²) in [5.74, 6) is 0.515. The van der Waals surface area contributed by atoms with Gasteiger partial charge in [-0.25, -0.2) is 4.98 Å². The number of ether oxygens (including phenoxy) is 1. The van der Waals surface area contributed by atoms with Crippen molar-refractivity contribution in [1.29, 1.82) is 0 Å². The van der Waals surface area contributed by atoms with Crippen molar-refractivity contribution in [3.8, 4) is 5.75 Å². The number of carbonyl (C=O) groups is 1. The van der Waals surface area contributed by atoms with Crippen molar-refractivity contribution in [3.63, 3.8) is 0 Å². The Morgan fingerprint density at radius 3 is 2.96 bits per heavy atom. The van der Waals surface area contributed by atoms with Crippen molar-refractivity contribution in [2.45, 2.75) is 13.8 Å². The van der Waals surface area contributed by atoms with Crippen LogP contribution in [0.15, 0.2) is 24.3 Å². The van der Waals surface area contributed by atoms with Crippen molar-refractivity contribution >= 4 is 50.3 Å². The van der Waals surface area contributed by atoms with Gasteiger partial charge in [0.2, 0.25) is 5.91 Å².